The molecule has 2 heterocycles. The molecule has 2 aliphatic heterocycles. The van der Waals surface area contributed by atoms with Crippen LogP contribution in [0.3, 0.4) is 0 Å². The summed E-state index contributed by atoms with van der Waals surface area (Å²) in [4.78, 5) is 2.36. The number of likely N-dealkylation sites (tertiary alicyclic amines) is 1. The monoisotopic (exact) mass is 274 g/mol. The predicted octanol–water partition coefficient (Wildman–Crippen LogP) is 0.887. The smallest absolute Gasteiger partial charge is 0.151 e. The van der Waals surface area contributed by atoms with Gasteiger partial charge in [0.1, 0.15) is 0 Å². The fourth-order valence-corrected chi connectivity index (χ4v) is 4.63. The van der Waals surface area contributed by atoms with Crippen LogP contribution in [0.5, 0.6) is 0 Å². The van der Waals surface area contributed by atoms with Crippen LogP contribution < -0.4 is 5.32 Å². The van der Waals surface area contributed by atoms with E-state index in [1.54, 1.807) is 0 Å². The molecule has 0 aliphatic carbocycles. The maximum absolute atomic E-state index is 11.7. The summed E-state index contributed by atoms with van der Waals surface area (Å²) in [5.74, 6) is 0.686. The molecule has 1 N–H and O–H groups in total. The summed E-state index contributed by atoms with van der Waals surface area (Å²) < 4.78 is 23.4. The largest absolute Gasteiger partial charge is 0.317 e. The zero-order valence-corrected chi connectivity index (χ0v) is 12.3. The summed E-state index contributed by atoms with van der Waals surface area (Å²) in [6.45, 7) is 7.11. The first kappa shape index (κ1) is 14.3. The molecule has 0 radical (unpaired) electrons. The second kappa shape index (κ2) is 5.88. The third kappa shape index (κ3) is 3.68. The van der Waals surface area contributed by atoms with Gasteiger partial charge in [-0.2, -0.15) is 0 Å². The van der Waals surface area contributed by atoms with Crippen LogP contribution in [0.15, 0.2) is 0 Å². The van der Waals surface area contributed by atoms with Gasteiger partial charge in [0, 0.05) is 18.8 Å². The highest BCUT2D eigenvalue weighted by Crippen LogP contribution is 2.38. The molecule has 106 valence electrons. The molecule has 2 fully saturated rings. The third-order valence-corrected chi connectivity index (χ3v) is 6.25. The Labute approximate surface area is 111 Å². The minimum Gasteiger partial charge on any atom is -0.317 e. The molecular formula is C13H26N2O2S. The summed E-state index contributed by atoms with van der Waals surface area (Å²) in [5.41, 5.74) is 0.486. The molecule has 0 aromatic rings. The highest BCUT2D eigenvalue weighted by atomic mass is 32.2. The van der Waals surface area contributed by atoms with Crippen LogP contribution in [0.25, 0.3) is 0 Å². The van der Waals surface area contributed by atoms with E-state index in [9.17, 15) is 8.42 Å². The summed E-state index contributed by atoms with van der Waals surface area (Å²) in [5, 5.41) is 3.41. The summed E-state index contributed by atoms with van der Waals surface area (Å²) in [6, 6.07) is 0. The Bertz CT molecular complexity index is 361. The van der Waals surface area contributed by atoms with Crippen molar-refractivity contribution in [2.24, 2.45) is 5.41 Å². The lowest BCUT2D eigenvalue weighted by molar-refractivity contribution is 0.200. The highest BCUT2D eigenvalue weighted by Gasteiger charge is 2.38. The van der Waals surface area contributed by atoms with Crippen molar-refractivity contribution in [3.8, 4) is 0 Å². The first-order valence-electron chi connectivity index (χ1n) is 7.19. The quantitative estimate of drug-likeness (QED) is 0.809. The number of hydrogen-bond donors (Lipinski definition) is 1. The molecule has 0 bridgehead atoms. The average Bonchev–Trinajstić information content (AvgIpc) is 2.71. The Morgan fingerprint density at radius 3 is 2.56 bits per heavy atom. The summed E-state index contributed by atoms with van der Waals surface area (Å²) in [6.07, 6.45) is 4.50. The third-order valence-electron chi connectivity index (χ3n) is 4.42. The van der Waals surface area contributed by atoms with E-state index in [0.29, 0.717) is 16.9 Å². The van der Waals surface area contributed by atoms with Gasteiger partial charge in [0.05, 0.1) is 5.75 Å². The lowest BCUT2D eigenvalue weighted by Crippen LogP contribution is -2.39. The lowest BCUT2D eigenvalue weighted by Gasteiger charge is -2.33. The van der Waals surface area contributed by atoms with E-state index in [1.807, 2.05) is 6.92 Å². The Morgan fingerprint density at radius 2 is 1.89 bits per heavy atom. The van der Waals surface area contributed by atoms with Crippen molar-refractivity contribution in [3.05, 3.63) is 0 Å². The van der Waals surface area contributed by atoms with Gasteiger partial charge in [-0.1, -0.05) is 6.92 Å². The normalized spacial score (nSPS) is 24.7. The standard InChI is InChI=1S/C13H26N2O2S/c1-2-10-18(16,17)11-9-15-8-5-13(12-15)3-6-14-7-4-13/h14H,2-12H2,1H3. The van der Waals surface area contributed by atoms with Crippen LogP contribution in [-0.2, 0) is 9.84 Å². The minimum absolute atomic E-state index is 0.342. The highest BCUT2D eigenvalue weighted by molar-refractivity contribution is 7.91. The molecule has 2 rings (SSSR count). The van der Waals surface area contributed by atoms with Crippen LogP contribution in [0.4, 0.5) is 0 Å². The summed E-state index contributed by atoms with van der Waals surface area (Å²) in [7, 11) is -2.82. The van der Waals surface area contributed by atoms with Gasteiger partial charge < -0.3 is 10.2 Å². The molecule has 4 nitrogen and oxygen atoms in total. The molecule has 0 aromatic carbocycles. The molecule has 5 heteroatoms. The van der Waals surface area contributed by atoms with Crippen molar-refractivity contribution in [2.45, 2.75) is 32.6 Å². The SMILES string of the molecule is CCCS(=O)(=O)CCN1CCC2(CCNCC2)C1. The Balaban J connectivity index is 1.79. The van der Waals surface area contributed by atoms with Gasteiger partial charge in [-0.15, -0.1) is 0 Å². The van der Waals surface area contributed by atoms with Crippen LogP contribution in [-0.4, -0.2) is 57.5 Å². The van der Waals surface area contributed by atoms with E-state index in [4.69, 9.17) is 0 Å². The first-order valence-corrected chi connectivity index (χ1v) is 9.01. The molecule has 0 unspecified atom stereocenters. The average molecular weight is 274 g/mol. The molecule has 18 heavy (non-hydrogen) atoms. The Kier molecular flexibility index (Phi) is 4.67. The molecule has 2 saturated heterocycles. The van der Waals surface area contributed by atoms with Gasteiger partial charge in [-0.05, 0) is 50.7 Å². The Morgan fingerprint density at radius 1 is 1.17 bits per heavy atom. The van der Waals surface area contributed by atoms with Gasteiger partial charge in [0.25, 0.3) is 0 Å². The van der Waals surface area contributed by atoms with Crippen molar-refractivity contribution in [1.82, 2.24) is 10.2 Å². The maximum Gasteiger partial charge on any atom is 0.151 e. The van der Waals surface area contributed by atoms with E-state index < -0.39 is 9.84 Å². The predicted molar refractivity (Wildman–Crippen MR) is 74.5 cm³/mol. The molecule has 2 aliphatic rings. The topological polar surface area (TPSA) is 49.4 Å². The lowest BCUT2D eigenvalue weighted by atomic mass is 9.78. The molecule has 0 saturated carbocycles. The van der Waals surface area contributed by atoms with Crippen molar-refractivity contribution >= 4 is 9.84 Å². The zero-order chi connectivity index (χ0) is 13.1. The van der Waals surface area contributed by atoms with Crippen molar-refractivity contribution in [1.29, 1.82) is 0 Å². The fraction of sp³-hybridized carbons (Fsp3) is 1.00. The minimum atomic E-state index is -2.82. The number of nitrogens with one attached hydrogen (secondary N) is 1. The van der Waals surface area contributed by atoms with E-state index in [-0.39, 0.29) is 0 Å². The van der Waals surface area contributed by atoms with Crippen LogP contribution in [0.2, 0.25) is 0 Å². The second-order valence-corrected chi connectivity index (χ2v) is 8.23. The zero-order valence-electron chi connectivity index (χ0n) is 11.5. The molecule has 0 amide bonds. The van der Waals surface area contributed by atoms with E-state index in [0.717, 1.165) is 39.1 Å². The second-order valence-electron chi connectivity index (χ2n) is 5.93. The van der Waals surface area contributed by atoms with Crippen LogP contribution in [0.1, 0.15) is 32.6 Å². The molecular weight excluding hydrogens is 248 g/mol. The van der Waals surface area contributed by atoms with Crippen molar-refractivity contribution in [2.75, 3.05) is 44.2 Å². The van der Waals surface area contributed by atoms with Gasteiger partial charge in [-0.3, -0.25) is 0 Å². The molecule has 1 spiro atoms. The first-order chi connectivity index (χ1) is 8.55. The van der Waals surface area contributed by atoms with Crippen LogP contribution in [0, 0.1) is 5.41 Å². The maximum atomic E-state index is 11.7. The summed E-state index contributed by atoms with van der Waals surface area (Å²) >= 11 is 0. The van der Waals surface area contributed by atoms with E-state index in [1.165, 1.54) is 19.3 Å². The number of rotatable bonds is 5. The number of sulfone groups is 1. The molecule has 0 aromatic heterocycles. The Hall–Kier alpha value is -0.130. The fourth-order valence-electron chi connectivity index (χ4n) is 3.27. The van der Waals surface area contributed by atoms with Gasteiger partial charge in [0.2, 0.25) is 0 Å². The van der Waals surface area contributed by atoms with Crippen molar-refractivity contribution in [3.63, 3.8) is 0 Å². The van der Waals surface area contributed by atoms with E-state index >= 15 is 0 Å². The number of piperidine rings is 1. The van der Waals surface area contributed by atoms with Gasteiger partial charge >= 0.3 is 0 Å². The van der Waals surface area contributed by atoms with E-state index in [2.05, 4.69) is 10.2 Å². The van der Waals surface area contributed by atoms with Crippen LogP contribution >= 0.6 is 0 Å². The van der Waals surface area contributed by atoms with Crippen molar-refractivity contribution < 1.29 is 8.42 Å². The number of hydrogen-bond acceptors (Lipinski definition) is 4. The van der Waals surface area contributed by atoms with Gasteiger partial charge in [0.15, 0.2) is 9.84 Å². The number of nitrogens with zero attached hydrogens (tertiary/aromatic N) is 1. The molecule has 0 atom stereocenters. The van der Waals surface area contributed by atoms with Gasteiger partial charge in [-0.25, -0.2) is 8.42 Å².